The van der Waals surface area contributed by atoms with E-state index in [4.69, 9.17) is 5.73 Å². The van der Waals surface area contributed by atoms with Crippen LogP contribution in [0.4, 0.5) is 0 Å². The Morgan fingerprint density at radius 1 is 1.33 bits per heavy atom. The first kappa shape index (κ1) is 13.8. The van der Waals surface area contributed by atoms with E-state index < -0.39 is 0 Å². The van der Waals surface area contributed by atoms with Crippen molar-refractivity contribution in [1.82, 2.24) is 4.90 Å². The molecule has 2 atom stereocenters. The zero-order chi connectivity index (χ0) is 13.1. The lowest BCUT2D eigenvalue weighted by Gasteiger charge is -2.40. The Morgan fingerprint density at radius 3 is 2.78 bits per heavy atom. The quantitative estimate of drug-likeness (QED) is 0.816. The normalized spacial score (nSPS) is 33.2. The predicted molar refractivity (Wildman–Crippen MR) is 78.2 cm³/mol. The van der Waals surface area contributed by atoms with Crippen LogP contribution in [0.25, 0.3) is 0 Å². The van der Waals surface area contributed by atoms with Crippen molar-refractivity contribution >= 4 is 5.71 Å². The fraction of sp³-hybridized carbons (Fsp3) is 0.800. The van der Waals surface area contributed by atoms with E-state index in [-0.39, 0.29) is 0 Å². The number of nitrogens with two attached hydrogens (primary N) is 1. The second-order valence-corrected chi connectivity index (χ2v) is 5.68. The average Bonchev–Trinajstić information content (AvgIpc) is 2.35. The van der Waals surface area contributed by atoms with Crippen molar-refractivity contribution in [2.75, 3.05) is 19.6 Å². The molecule has 18 heavy (non-hydrogen) atoms. The molecule has 1 aliphatic heterocycles. The highest BCUT2D eigenvalue weighted by atomic mass is 15.2. The number of rotatable bonds is 2. The van der Waals surface area contributed by atoms with Gasteiger partial charge >= 0.3 is 0 Å². The lowest BCUT2D eigenvalue weighted by atomic mass is 9.86. The summed E-state index contributed by atoms with van der Waals surface area (Å²) in [6.07, 6.45) is 4.79. The smallest absolute Gasteiger partial charge is 0.0378 e. The molecular weight excluding hydrogens is 222 g/mol. The summed E-state index contributed by atoms with van der Waals surface area (Å²) < 4.78 is 0. The van der Waals surface area contributed by atoms with Crippen LogP contribution in [-0.4, -0.2) is 42.3 Å². The van der Waals surface area contributed by atoms with Crippen molar-refractivity contribution in [2.45, 2.75) is 58.5 Å². The number of allylic oxidation sites excluding steroid dienone is 1. The molecule has 2 aliphatic rings. The van der Waals surface area contributed by atoms with Gasteiger partial charge in [-0.2, -0.15) is 0 Å². The van der Waals surface area contributed by atoms with Crippen LogP contribution in [0.2, 0.25) is 0 Å². The molecule has 1 heterocycles. The highest BCUT2D eigenvalue weighted by Crippen LogP contribution is 2.28. The Kier molecular flexibility index (Phi) is 4.57. The molecule has 0 bridgehead atoms. The van der Waals surface area contributed by atoms with E-state index in [9.17, 15) is 0 Å². The van der Waals surface area contributed by atoms with Crippen LogP contribution in [-0.2, 0) is 0 Å². The molecule has 0 saturated carbocycles. The summed E-state index contributed by atoms with van der Waals surface area (Å²) in [4.78, 5) is 7.22. The van der Waals surface area contributed by atoms with Crippen LogP contribution in [0.1, 0.15) is 46.5 Å². The van der Waals surface area contributed by atoms with Crippen LogP contribution in [0.3, 0.4) is 0 Å². The van der Waals surface area contributed by atoms with E-state index in [2.05, 4.69) is 30.7 Å². The summed E-state index contributed by atoms with van der Waals surface area (Å²) in [6, 6.07) is 0.977. The molecule has 2 N–H and O–H groups in total. The molecule has 1 saturated heterocycles. The summed E-state index contributed by atoms with van der Waals surface area (Å²) >= 11 is 0. The molecule has 0 aromatic carbocycles. The second kappa shape index (κ2) is 5.98. The SMILES string of the molecule is CCN=C1CCC(N2CCCC(N)C2)C(C)=C1C. The number of piperidine rings is 1. The highest BCUT2D eigenvalue weighted by Gasteiger charge is 2.29. The van der Waals surface area contributed by atoms with Gasteiger partial charge in [-0.05, 0) is 58.6 Å². The molecule has 2 unspecified atom stereocenters. The summed E-state index contributed by atoms with van der Waals surface area (Å²) in [6.45, 7) is 9.81. The number of hydrogen-bond donors (Lipinski definition) is 1. The predicted octanol–water partition coefficient (Wildman–Crippen LogP) is 2.37. The van der Waals surface area contributed by atoms with E-state index >= 15 is 0 Å². The van der Waals surface area contributed by atoms with Gasteiger partial charge in [0.15, 0.2) is 0 Å². The first-order chi connectivity index (χ1) is 8.63. The average molecular weight is 249 g/mol. The minimum absolute atomic E-state index is 0.373. The Hall–Kier alpha value is -0.670. The molecule has 0 aromatic rings. The first-order valence-electron chi connectivity index (χ1n) is 7.34. The highest BCUT2D eigenvalue weighted by molar-refractivity contribution is 6.01. The van der Waals surface area contributed by atoms with Gasteiger partial charge in [0.2, 0.25) is 0 Å². The maximum Gasteiger partial charge on any atom is 0.0378 e. The number of nitrogens with zero attached hydrogens (tertiary/aromatic N) is 2. The standard InChI is InChI=1S/C15H27N3/c1-4-17-14-7-8-15(12(3)11(14)2)18-9-5-6-13(16)10-18/h13,15H,4-10,16H2,1-3H3. The van der Waals surface area contributed by atoms with Crippen LogP contribution in [0, 0.1) is 0 Å². The fourth-order valence-corrected chi connectivity index (χ4v) is 3.32. The topological polar surface area (TPSA) is 41.6 Å². The van der Waals surface area contributed by atoms with E-state index in [0.717, 1.165) is 19.5 Å². The van der Waals surface area contributed by atoms with Crippen molar-refractivity contribution in [3.8, 4) is 0 Å². The summed E-state index contributed by atoms with van der Waals surface area (Å²) in [5.74, 6) is 0. The van der Waals surface area contributed by atoms with E-state index in [1.807, 2.05) is 0 Å². The number of likely N-dealkylation sites (tertiary alicyclic amines) is 1. The zero-order valence-corrected chi connectivity index (χ0v) is 12.1. The summed E-state index contributed by atoms with van der Waals surface area (Å²) in [5.41, 5.74) is 10.4. The van der Waals surface area contributed by atoms with E-state index in [1.165, 1.54) is 42.7 Å². The molecule has 0 spiro atoms. The van der Waals surface area contributed by atoms with Crippen molar-refractivity contribution in [2.24, 2.45) is 10.7 Å². The van der Waals surface area contributed by atoms with Crippen LogP contribution in [0.15, 0.2) is 16.1 Å². The maximum absolute atomic E-state index is 6.11. The van der Waals surface area contributed by atoms with E-state index in [1.54, 1.807) is 0 Å². The fourth-order valence-electron chi connectivity index (χ4n) is 3.32. The Labute approximate surface area is 111 Å². The zero-order valence-electron chi connectivity index (χ0n) is 12.1. The van der Waals surface area contributed by atoms with Gasteiger partial charge in [0.25, 0.3) is 0 Å². The molecule has 3 heteroatoms. The molecule has 102 valence electrons. The Balaban J connectivity index is 2.13. The number of hydrogen-bond acceptors (Lipinski definition) is 3. The van der Waals surface area contributed by atoms with Crippen LogP contribution >= 0.6 is 0 Å². The molecule has 0 radical (unpaired) electrons. The maximum atomic E-state index is 6.11. The van der Waals surface area contributed by atoms with Gasteiger partial charge in [-0.3, -0.25) is 9.89 Å². The lowest BCUT2D eigenvalue weighted by molar-refractivity contribution is 0.161. The Bertz CT molecular complexity index is 357. The monoisotopic (exact) mass is 249 g/mol. The van der Waals surface area contributed by atoms with Gasteiger partial charge in [-0.25, -0.2) is 0 Å². The van der Waals surface area contributed by atoms with Gasteiger partial charge in [-0.15, -0.1) is 0 Å². The van der Waals surface area contributed by atoms with Gasteiger partial charge in [-0.1, -0.05) is 5.57 Å². The van der Waals surface area contributed by atoms with Gasteiger partial charge in [0, 0.05) is 30.9 Å². The van der Waals surface area contributed by atoms with Crippen molar-refractivity contribution in [3.05, 3.63) is 11.1 Å². The molecule has 1 aliphatic carbocycles. The summed E-state index contributed by atoms with van der Waals surface area (Å²) in [5, 5.41) is 0. The third-order valence-electron chi connectivity index (χ3n) is 4.46. The minimum atomic E-state index is 0.373. The van der Waals surface area contributed by atoms with Gasteiger partial charge in [0.05, 0.1) is 0 Å². The van der Waals surface area contributed by atoms with E-state index in [0.29, 0.717) is 12.1 Å². The first-order valence-corrected chi connectivity index (χ1v) is 7.34. The molecule has 1 fully saturated rings. The second-order valence-electron chi connectivity index (χ2n) is 5.68. The number of aliphatic imine (C=N–C) groups is 1. The van der Waals surface area contributed by atoms with Gasteiger partial charge < -0.3 is 5.73 Å². The molecule has 3 nitrogen and oxygen atoms in total. The minimum Gasteiger partial charge on any atom is -0.327 e. The Morgan fingerprint density at radius 2 is 2.11 bits per heavy atom. The largest absolute Gasteiger partial charge is 0.327 e. The van der Waals surface area contributed by atoms with Crippen LogP contribution in [0.5, 0.6) is 0 Å². The summed E-state index contributed by atoms with van der Waals surface area (Å²) in [7, 11) is 0. The lowest BCUT2D eigenvalue weighted by Crippen LogP contribution is -2.49. The molecular formula is C15H27N3. The van der Waals surface area contributed by atoms with Crippen molar-refractivity contribution in [3.63, 3.8) is 0 Å². The van der Waals surface area contributed by atoms with Gasteiger partial charge in [0.1, 0.15) is 0 Å². The van der Waals surface area contributed by atoms with Crippen molar-refractivity contribution < 1.29 is 0 Å². The third kappa shape index (κ3) is 2.83. The molecule has 0 aromatic heterocycles. The van der Waals surface area contributed by atoms with Crippen molar-refractivity contribution in [1.29, 1.82) is 0 Å². The van der Waals surface area contributed by atoms with Crippen LogP contribution < -0.4 is 5.73 Å². The third-order valence-corrected chi connectivity index (χ3v) is 4.46. The molecule has 2 rings (SSSR count). The molecule has 0 amide bonds.